The predicted octanol–water partition coefficient (Wildman–Crippen LogP) is 2.77. The van der Waals surface area contributed by atoms with Gasteiger partial charge >= 0.3 is 0 Å². The smallest absolute Gasteiger partial charge is 0.241 e. The lowest BCUT2D eigenvalue weighted by Gasteiger charge is -2.13. The Bertz CT molecular complexity index is 717. The molecule has 2 rings (SSSR count). The van der Waals surface area contributed by atoms with E-state index in [0.717, 1.165) is 5.56 Å². The predicted molar refractivity (Wildman–Crippen MR) is 85.5 cm³/mol. The van der Waals surface area contributed by atoms with Gasteiger partial charge in [-0.3, -0.25) is 0 Å². The summed E-state index contributed by atoms with van der Waals surface area (Å²) >= 11 is 3.25. The number of rotatable bonds is 5. The third-order valence-electron chi connectivity index (χ3n) is 3.03. The summed E-state index contributed by atoms with van der Waals surface area (Å²) in [6, 6.07) is 13.9. The summed E-state index contributed by atoms with van der Waals surface area (Å²) < 4.78 is 27.4. The van der Waals surface area contributed by atoms with Crippen molar-refractivity contribution < 1.29 is 13.5 Å². The monoisotopic (exact) mass is 369 g/mol. The maximum atomic E-state index is 12.2. The molecule has 0 radical (unpaired) electrons. The van der Waals surface area contributed by atoms with Gasteiger partial charge in [0.25, 0.3) is 0 Å². The fraction of sp³-hybridized carbons (Fsp3) is 0.200. The van der Waals surface area contributed by atoms with Crippen molar-refractivity contribution in [1.82, 2.24) is 4.72 Å². The molecule has 4 nitrogen and oxygen atoms in total. The van der Waals surface area contributed by atoms with Crippen LogP contribution in [0.5, 0.6) is 0 Å². The minimum absolute atomic E-state index is 0.0767. The number of halogens is 1. The van der Waals surface area contributed by atoms with Gasteiger partial charge in [0.15, 0.2) is 0 Å². The molecule has 2 N–H and O–H groups in total. The van der Waals surface area contributed by atoms with E-state index >= 15 is 0 Å². The van der Waals surface area contributed by atoms with Crippen LogP contribution < -0.4 is 4.72 Å². The number of sulfonamides is 1. The highest BCUT2D eigenvalue weighted by Gasteiger charge is 2.19. The zero-order valence-electron chi connectivity index (χ0n) is 11.5. The molecule has 0 spiro atoms. The second-order valence-electron chi connectivity index (χ2n) is 4.71. The minimum Gasteiger partial charge on any atom is -0.387 e. The second kappa shape index (κ2) is 6.70. The first-order valence-electron chi connectivity index (χ1n) is 6.39. The first-order valence-corrected chi connectivity index (χ1v) is 8.66. The van der Waals surface area contributed by atoms with Crippen molar-refractivity contribution in [2.24, 2.45) is 0 Å². The van der Waals surface area contributed by atoms with Crippen LogP contribution in [-0.4, -0.2) is 20.1 Å². The molecule has 0 bridgehead atoms. The Kier molecular flexibility index (Phi) is 5.16. The molecule has 6 heteroatoms. The number of aliphatic hydroxyl groups is 1. The van der Waals surface area contributed by atoms with Crippen LogP contribution in [0, 0.1) is 6.92 Å². The number of hydrogen-bond donors (Lipinski definition) is 2. The van der Waals surface area contributed by atoms with Gasteiger partial charge in [0.2, 0.25) is 10.0 Å². The minimum atomic E-state index is -3.67. The van der Waals surface area contributed by atoms with Crippen molar-refractivity contribution in [2.45, 2.75) is 17.9 Å². The zero-order chi connectivity index (χ0) is 15.5. The van der Waals surface area contributed by atoms with Gasteiger partial charge in [-0.15, -0.1) is 0 Å². The van der Waals surface area contributed by atoms with Gasteiger partial charge in [-0.25, -0.2) is 13.1 Å². The molecule has 21 heavy (non-hydrogen) atoms. The summed E-state index contributed by atoms with van der Waals surface area (Å²) in [6.07, 6.45) is -0.884. The summed E-state index contributed by atoms with van der Waals surface area (Å²) in [6.45, 7) is 1.81. The van der Waals surface area contributed by atoms with Gasteiger partial charge in [-0.2, -0.15) is 0 Å². The highest BCUT2D eigenvalue weighted by Crippen LogP contribution is 2.23. The van der Waals surface area contributed by atoms with Crippen molar-refractivity contribution in [3.63, 3.8) is 0 Å². The van der Waals surface area contributed by atoms with Gasteiger partial charge in [-0.1, -0.05) is 36.4 Å². The van der Waals surface area contributed by atoms with E-state index in [-0.39, 0.29) is 11.4 Å². The van der Waals surface area contributed by atoms with E-state index in [4.69, 9.17) is 0 Å². The highest BCUT2D eigenvalue weighted by molar-refractivity contribution is 9.10. The average Bonchev–Trinajstić information content (AvgIpc) is 2.45. The molecule has 2 aromatic carbocycles. The van der Waals surface area contributed by atoms with Crippen LogP contribution in [0.3, 0.4) is 0 Å². The van der Waals surface area contributed by atoms with Crippen molar-refractivity contribution >= 4 is 26.0 Å². The summed E-state index contributed by atoms with van der Waals surface area (Å²) in [7, 11) is -3.67. The highest BCUT2D eigenvalue weighted by atomic mass is 79.9. The molecule has 0 aliphatic rings. The Hall–Kier alpha value is -1.21. The lowest BCUT2D eigenvalue weighted by molar-refractivity contribution is 0.182. The van der Waals surface area contributed by atoms with Crippen molar-refractivity contribution in [2.75, 3.05) is 6.54 Å². The van der Waals surface area contributed by atoms with Crippen LogP contribution in [-0.2, 0) is 10.0 Å². The quantitative estimate of drug-likeness (QED) is 0.851. The van der Waals surface area contributed by atoms with Crippen LogP contribution in [0.2, 0.25) is 0 Å². The van der Waals surface area contributed by atoms with Crippen LogP contribution in [0.4, 0.5) is 0 Å². The number of aliphatic hydroxyl groups excluding tert-OH is 1. The lowest BCUT2D eigenvalue weighted by Crippen LogP contribution is -2.28. The summed E-state index contributed by atoms with van der Waals surface area (Å²) in [5, 5.41) is 10.0. The number of nitrogens with one attached hydrogen (secondary N) is 1. The average molecular weight is 370 g/mol. The first kappa shape index (κ1) is 16.2. The standard InChI is InChI=1S/C15H16BrNO3S/c1-11-7-8-15(13(16)9-11)21(19,20)17-10-14(18)12-5-3-2-4-6-12/h2-9,14,17-18H,10H2,1H3. The normalized spacial score (nSPS) is 13.1. The van der Waals surface area contributed by atoms with Crippen molar-refractivity contribution in [3.8, 4) is 0 Å². The number of benzene rings is 2. The van der Waals surface area contributed by atoms with Crippen LogP contribution in [0.1, 0.15) is 17.2 Å². The number of hydrogen-bond acceptors (Lipinski definition) is 3. The van der Waals surface area contributed by atoms with E-state index in [0.29, 0.717) is 10.0 Å². The second-order valence-corrected chi connectivity index (χ2v) is 7.30. The fourth-order valence-corrected chi connectivity index (χ4v) is 4.11. The molecule has 112 valence electrons. The molecule has 0 amide bonds. The third-order valence-corrected chi connectivity index (χ3v) is 5.43. The molecule has 0 aliphatic carbocycles. The van der Waals surface area contributed by atoms with E-state index in [9.17, 15) is 13.5 Å². The van der Waals surface area contributed by atoms with E-state index in [1.165, 1.54) is 6.07 Å². The molecule has 0 aromatic heterocycles. The van der Waals surface area contributed by atoms with E-state index in [1.807, 2.05) is 13.0 Å². The topological polar surface area (TPSA) is 66.4 Å². The summed E-state index contributed by atoms with van der Waals surface area (Å²) in [5.74, 6) is 0. The summed E-state index contributed by atoms with van der Waals surface area (Å²) in [5.41, 5.74) is 1.63. The Morgan fingerprint density at radius 1 is 1.19 bits per heavy atom. The lowest BCUT2D eigenvalue weighted by atomic mass is 10.1. The van der Waals surface area contributed by atoms with Crippen LogP contribution >= 0.6 is 15.9 Å². The Morgan fingerprint density at radius 2 is 1.86 bits per heavy atom. The van der Waals surface area contributed by atoms with Gasteiger partial charge in [0.1, 0.15) is 0 Å². The van der Waals surface area contributed by atoms with E-state index in [2.05, 4.69) is 20.7 Å². The van der Waals surface area contributed by atoms with Gasteiger partial charge in [-0.05, 0) is 46.1 Å². The largest absolute Gasteiger partial charge is 0.387 e. The Balaban J connectivity index is 2.11. The first-order chi connectivity index (χ1) is 9.90. The molecular weight excluding hydrogens is 354 g/mol. The SMILES string of the molecule is Cc1ccc(S(=O)(=O)NCC(O)c2ccccc2)c(Br)c1. The van der Waals surface area contributed by atoms with Crippen LogP contribution in [0.25, 0.3) is 0 Å². The molecule has 0 fully saturated rings. The molecule has 0 saturated carbocycles. The van der Waals surface area contributed by atoms with Crippen LogP contribution in [0.15, 0.2) is 57.9 Å². The summed E-state index contributed by atoms with van der Waals surface area (Å²) in [4.78, 5) is 0.161. The zero-order valence-corrected chi connectivity index (χ0v) is 13.9. The molecule has 1 unspecified atom stereocenters. The Labute approximate surface area is 133 Å². The van der Waals surface area contributed by atoms with Crippen molar-refractivity contribution in [1.29, 1.82) is 0 Å². The number of aryl methyl sites for hydroxylation is 1. The fourth-order valence-electron chi connectivity index (χ4n) is 1.88. The van der Waals surface area contributed by atoms with Gasteiger partial charge < -0.3 is 5.11 Å². The maximum absolute atomic E-state index is 12.2. The third kappa shape index (κ3) is 4.14. The van der Waals surface area contributed by atoms with Gasteiger partial charge in [0.05, 0.1) is 11.0 Å². The molecule has 2 aromatic rings. The van der Waals surface area contributed by atoms with Gasteiger partial charge in [0, 0.05) is 11.0 Å². The molecule has 0 saturated heterocycles. The molecule has 0 heterocycles. The van der Waals surface area contributed by atoms with E-state index in [1.54, 1.807) is 36.4 Å². The molecular formula is C15H16BrNO3S. The molecule has 0 aliphatic heterocycles. The Morgan fingerprint density at radius 3 is 2.48 bits per heavy atom. The maximum Gasteiger partial charge on any atom is 0.241 e. The van der Waals surface area contributed by atoms with Crippen molar-refractivity contribution in [3.05, 3.63) is 64.1 Å². The molecule has 1 atom stereocenters. The van der Waals surface area contributed by atoms with E-state index < -0.39 is 16.1 Å².